The van der Waals surface area contributed by atoms with Gasteiger partial charge in [-0.15, -0.1) is 0 Å². The van der Waals surface area contributed by atoms with Gasteiger partial charge in [0.2, 0.25) is 0 Å². The molecule has 0 fully saturated rings. The third-order valence-electron chi connectivity index (χ3n) is 3.50. The Morgan fingerprint density at radius 3 is 2.65 bits per heavy atom. The van der Waals surface area contributed by atoms with Gasteiger partial charge in [-0.1, -0.05) is 0 Å². The predicted octanol–water partition coefficient (Wildman–Crippen LogP) is 2.61. The van der Waals surface area contributed by atoms with Crippen LogP contribution < -0.4 is 15.4 Å². The van der Waals surface area contributed by atoms with E-state index in [1.165, 1.54) is 12.1 Å². The number of furan rings is 1. The highest BCUT2D eigenvalue weighted by Crippen LogP contribution is 2.13. The van der Waals surface area contributed by atoms with E-state index < -0.39 is 0 Å². The Morgan fingerprint density at radius 1 is 1.19 bits per heavy atom. The van der Waals surface area contributed by atoms with Crippen LogP contribution in [0.4, 0.5) is 4.39 Å². The maximum atomic E-state index is 12.9. The first-order valence-corrected chi connectivity index (χ1v) is 8.63. The van der Waals surface area contributed by atoms with Gasteiger partial charge in [0.15, 0.2) is 5.96 Å². The molecule has 1 aromatic carbocycles. The zero-order chi connectivity index (χ0) is 18.6. The molecule has 1 atom stereocenters. The largest absolute Gasteiger partial charge is 0.489 e. The van der Waals surface area contributed by atoms with Gasteiger partial charge < -0.3 is 24.5 Å². The highest BCUT2D eigenvalue weighted by atomic mass is 19.1. The number of nitrogens with zero attached hydrogens (tertiary/aromatic N) is 1. The molecule has 0 radical (unpaired) electrons. The van der Waals surface area contributed by atoms with Crippen LogP contribution in [0.15, 0.2) is 52.1 Å². The quantitative estimate of drug-likeness (QED) is 0.386. The Morgan fingerprint density at radius 2 is 1.96 bits per heavy atom. The fraction of sp³-hybridized carbons (Fsp3) is 0.421. The second-order valence-electron chi connectivity index (χ2n) is 5.75. The van der Waals surface area contributed by atoms with Gasteiger partial charge in [-0.25, -0.2) is 9.38 Å². The lowest BCUT2D eigenvalue weighted by molar-refractivity contribution is 0.203. The fourth-order valence-corrected chi connectivity index (χ4v) is 2.21. The first-order chi connectivity index (χ1) is 12.7. The van der Waals surface area contributed by atoms with E-state index in [0.717, 1.165) is 12.2 Å². The van der Waals surface area contributed by atoms with E-state index in [2.05, 4.69) is 15.6 Å². The Kier molecular flexibility index (Phi) is 8.48. The fourth-order valence-electron chi connectivity index (χ4n) is 2.21. The minimum Gasteiger partial charge on any atom is -0.489 e. The van der Waals surface area contributed by atoms with Gasteiger partial charge >= 0.3 is 0 Å². The topological polar surface area (TPSA) is 68.0 Å². The maximum Gasteiger partial charge on any atom is 0.191 e. The zero-order valence-corrected chi connectivity index (χ0v) is 15.2. The molecule has 0 bridgehead atoms. The van der Waals surface area contributed by atoms with Crippen molar-refractivity contribution >= 4 is 5.96 Å². The summed E-state index contributed by atoms with van der Waals surface area (Å²) in [7, 11) is 1.65. The van der Waals surface area contributed by atoms with Crippen LogP contribution >= 0.6 is 0 Å². The number of hydrogen-bond donors (Lipinski definition) is 2. The number of nitrogens with one attached hydrogen (secondary N) is 2. The van der Waals surface area contributed by atoms with Crippen LogP contribution in [0.25, 0.3) is 0 Å². The number of benzene rings is 1. The standard InChI is InChI=1S/C19H26FN3O3/c1-15(26-18-7-5-16(20)6-8-18)14-23-19(22-11-13-24-2)21-10-9-17-4-3-12-25-17/h3-8,12,15H,9-11,13-14H2,1-2H3,(H2,21,22,23). The number of aliphatic imine (C=N–C) groups is 1. The van der Waals surface area contributed by atoms with E-state index >= 15 is 0 Å². The molecule has 0 aliphatic carbocycles. The van der Waals surface area contributed by atoms with Crippen molar-refractivity contribution in [2.24, 2.45) is 4.99 Å². The number of methoxy groups -OCH3 is 1. The lowest BCUT2D eigenvalue weighted by atomic mass is 10.3. The van der Waals surface area contributed by atoms with Crippen LogP contribution in [0.5, 0.6) is 5.75 Å². The van der Waals surface area contributed by atoms with Crippen molar-refractivity contribution in [1.82, 2.24) is 10.6 Å². The summed E-state index contributed by atoms with van der Waals surface area (Å²) in [5, 5.41) is 6.47. The molecule has 1 aromatic heterocycles. The molecule has 2 rings (SSSR count). The summed E-state index contributed by atoms with van der Waals surface area (Å²) in [5.74, 6) is 1.94. The summed E-state index contributed by atoms with van der Waals surface area (Å²) >= 11 is 0. The van der Waals surface area contributed by atoms with Crippen molar-refractivity contribution in [3.8, 4) is 5.75 Å². The summed E-state index contributed by atoms with van der Waals surface area (Å²) < 4.78 is 29.0. The third kappa shape index (κ3) is 7.57. The number of guanidine groups is 1. The molecule has 1 unspecified atom stereocenters. The SMILES string of the molecule is COCCNC(=NCC(C)Oc1ccc(F)cc1)NCCc1ccco1. The number of halogens is 1. The lowest BCUT2D eigenvalue weighted by Gasteiger charge is -2.15. The summed E-state index contributed by atoms with van der Waals surface area (Å²) in [5.41, 5.74) is 0. The zero-order valence-electron chi connectivity index (χ0n) is 15.2. The molecule has 142 valence electrons. The van der Waals surface area contributed by atoms with Crippen molar-refractivity contribution in [2.75, 3.05) is 33.4 Å². The molecule has 0 saturated carbocycles. The predicted molar refractivity (Wildman–Crippen MR) is 99.1 cm³/mol. The Hall–Kier alpha value is -2.54. The van der Waals surface area contributed by atoms with Crippen molar-refractivity contribution in [3.05, 3.63) is 54.2 Å². The van der Waals surface area contributed by atoms with Crippen LogP contribution in [0.3, 0.4) is 0 Å². The molecular weight excluding hydrogens is 337 g/mol. The summed E-state index contributed by atoms with van der Waals surface area (Å²) in [6.45, 7) is 4.30. The first kappa shape index (κ1) is 19.8. The van der Waals surface area contributed by atoms with Crippen LogP contribution in [-0.4, -0.2) is 45.4 Å². The van der Waals surface area contributed by atoms with E-state index in [9.17, 15) is 4.39 Å². The van der Waals surface area contributed by atoms with Crippen molar-refractivity contribution in [2.45, 2.75) is 19.4 Å². The maximum absolute atomic E-state index is 12.9. The van der Waals surface area contributed by atoms with E-state index in [4.69, 9.17) is 13.9 Å². The van der Waals surface area contributed by atoms with Crippen LogP contribution in [-0.2, 0) is 11.2 Å². The second kappa shape index (κ2) is 11.1. The van der Waals surface area contributed by atoms with Gasteiger partial charge in [-0.05, 0) is 43.3 Å². The monoisotopic (exact) mass is 363 g/mol. The van der Waals surface area contributed by atoms with Gasteiger partial charge in [0.25, 0.3) is 0 Å². The third-order valence-corrected chi connectivity index (χ3v) is 3.50. The molecule has 0 saturated heterocycles. The molecule has 2 aromatic rings. The van der Waals surface area contributed by atoms with Crippen molar-refractivity contribution < 1.29 is 18.3 Å². The van der Waals surface area contributed by atoms with E-state index in [0.29, 0.717) is 38.0 Å². The number of rotatable bonds is 10. The molecule has 0 amide bonds. The van der Waals surface area contributed by atoms with Crippen LogP contribution in [0.2, 0.25) is 0 Å². The minimum atomic E-state index is -0.284. The molecule has 0 aliphatic rings. The molecule has 2 N–H and O–H groups in total. The van der Waals surface area contributed by atoms with Crippen LogP contribution in [0.1, 0.15) is 12.7 Å². The Balaban J connectivity index is 1.82. The van der Waals surface area contributed by atoms with Crippen molar-refractivity contribution in [1.29, 1.82) is 0 Å². The highest BCUT2D eigenvalue weighted by Gasteiger charge is 2.06. The van der Waals surface area contributed by atoms with E-state index in [1.807, 2.05) is 19.1 Å². The van der Waals surface area contributed by atoms with Gasteiger partial charge in [0, 0.05) is 26.6 Å². The molecule has 6 nitrogen and oxygen atoms in total. The van der Waals surface area contributed by atoms with E-state index in [-0.39, 0.29) is 11.9 Å². The molecule has 0 aliphatic heterocycles. The van der Waals surface area contributed by atoms with Crippen molar-refractivity contribution in [3.63, 3.8) is 0 Å². The minimum absolute atomic E-state index is 0.147. The average Bonchev–Trinajstić information content (AvgIpc) is 3.15. The number of hydrogen-bond acceptors (Lipinski definition) is 4. The lowest BCUT2D eigenvalue weighted by Crippen LogP contribution is -2.40. The molecule has 1 heterocycles. The molecule has 26 heavy (non-hydrogen) atoms. The number of ether oxygens (including phenoxy) is 2. The van der Waals surface area contributed by atoms with Gasteiger partial charge in [-0.3, -0.25) is 0 Å². The second-order valence-corrected chi connectivity index (χ2v) is 5.75. The summed E-state index contributed by atoms with van der Waals surface area (Å²) in [6.07, 6.45) is 2.28. The highest BCUT2D eigenvalue weighted by molar-refractivity contribution is 5.79. The average molecular weight is 363 g/mol. The van der Waals surface area contributed by atoms with E-state index in [1.54, 1.807) is 25.5 Å². The molecule has 0 spiro atoms. The molecular formula is C19H26FN3O3. The first-order valence-electron chi connectivity index (χ1n) is 8.63. The Bertz CT molecular complexity index is 645. The van der Waals surface area contributed by atoms with Crippen LogP contribution in [0, 0.1) is 5.82 Å². The normalized spacial score (nSPS) is 12.7. The molecule has 7 heteroatoms. The smallest absolute Gasteiger partial charge is 0.191 e. The Labute approximate surface area is 153 Å². The van der Waals surface area contributed by atoms with Gasteiger partial charge in [0.05, 0.1) is 19.4 Å². The van der Waals surface area contributed by atoms with Gasteiger partial charge in [-0.2, -0.15) is 0 Å². The van der Waals surface area contributed by atoms with Gasteiger partial charge in [0.1, 0.15) is 23.4 Å². The summed E-state index contributed by atoms with van der Waals surface area (Å²) in [4.78, 5) is 4.54. The summed E-state index contributed by atoms with van der Waals surface area (Å²) in [6, 6.07) is 9.77.